The Morgan fingerprint density at radius 2 is 1.71 bits per heavy atom. The summed E-state index contributed by atoms with van der Waals surface area (Å²) in [6.07, 6.45) is 0. The van der Waals surface area contributed by atoms with Gasteiger partial charge in [0.1, 0.15) is 0 Å². The molecule has 0 aliphatic carbocycles. The lowest BCUT2D eigenvalue weighted by atomic mass is 9.95. The second-order valence-electron chi connectivity index (χ2n) is 4.54. The van der Waals surface area contributed by atoms with Crippen LogP contribution in [0, 0.1) is 5.41 Å². The van der Waals surface area contributed by atoms with Crippen LogP contribution in [0.2, 0.25) is 0 Å². The molecular weight excluding hydrogens is 174 g/mol. The van der Waals surface area contributed by atoms with E-state index in [1.54, 1.807) is 0 Å². The molecule has 0 aliphatic rings. The maximum Gasteiger partial charge on any atom is 0.0991 e. The molecule has 0 radical (unpaired) electrons. The summed E-state index contributed by atoms with van der Waals surface area (Å²) in [6.45, 7) is 14.6. The highest BCUT2D eigenvalue weighted by molar-refractivity contribution is 5.85. The van der Waals surface area contributed by atoms with Gasteiger partial charge in [0.25, 0.3) is 0 Å². The van der Waals surface area contributed by atoms with E-state index in [4.69, 9.17) is 5.73 Å². The van der Waals surface area contributed by atoms with Crippen molar-refractivity contribution in [1.29, 1.82) is 0 Å². The number of hydrogen-bond donors (Lipinski definition) is 1. The van der Waals surface area contributed by atoms with Crippen LogP contribution in [0.4, 0.5) is 0 Å². The van der Waals surface area contributed by atoms with E-state index in [2.05, 4.69) is 44.5 Å². The molecule has 0 aromatic heterocycles. The molecule has 3 heteroatoms. The molecule has 3 nitrogen and oxygen atoms in total. The molecule has 0 fully saturated rings. The molecule has 0 atom stereocenters. The fourth-order valence-electron chi connectivity index (χ4n) is 1.09. The van der Waals surface area contributed by atoms with Crippen LogP contribution >= 0.6 is 0 Å². The van der Waals surface area contributed by atoms with Crippen molar-refractivity contribution in [2.24, 2.45) is 16.1 Å². The van der Waals surface area contributed by atoms with Crippen LogP contribution in [0.3, 0.4) is 0 Å². The lowest BCUT2D eigenvalue weighted by Gasteiger charge is -2.19. The van der Waals surface area contributed by atoms with Crippen molar-refractivity contribution in [3.05, 3.63) is 0 Å². The molecule has 0 rings (SSSR count). The Morgan fingerprint density at radius 1 is 1.21 bits per heavy atom. The lowest BCUT2D eigenvalue weighted by Crippen LogP contribution is -2.31. The smallest absolute Gasteiger partial charge is 0.0991 e. The van der Waals surface area contributed by atoms with Crippen LogP contribution in [0.1, 0.15) is 34.6 Å². The molecule has 84 valence electrons. The number of likely N-dealkylation sites (N-methyl/N-ethyl adjacent to an activating group) is 1. The van der Waals surface area contributed by atoms with Crippen LogP contribution in [-0.4, -0.2) is 36.9 Å². The van der Waals surface area contributed by atoms with E-state index in [-0.39, 0.29) is 5.41 Å². The molecule has 14 heavy (non-hydrogen) atoms. The van der Waals surface area contributed by atoms with Gasteiger partial charge in [-0.1, -0.05) is 34.6 Å². The van der Waals surface area contributed by atoms with Gasteiger partial charge in [0.2, 0.25) is 0 Å². The highest BCUT2D eigenvalue weighted by Crippen LogP contribution is 2.12. The Kier molecular flexibility index (Phi) is 5.77. The van der Waals surface area contributed by atoms with Gasteiger partial charge in [-0.15, -0.1) is 0 Å². The molecule has 0 saturated carbocycles. The summed E-state index contributed by atoms with van der Waals surface area (Å²) >= 11 is 0. The summed E-state index contributed by atoms with van der Waals surface area (Å²) in [7, 11) is 0. The molecule has 2 N–H and O–H groups in total. The quantitative estimate of drug-likeness (QED) is 0.541. The van der Waals surface area contributed by atoms with Gasteiger partial charge in [0.05, 0.1) is 12.4 Å². The second-order valence-corrected chi connectivity index (χ2v) is 4.54. The zero-order valence-corrected chi connectivity index (χ0v) is 10.3. The van der Waals surface area contributed by atoms with Gasteiger partial charge >= 0.3 is 0 Å². The third-order valence-corrected chi connectivity index (χ3v) is 2.36. The monoisotopic (exact) mass is 199 g/mol. The molecule has 0 bridgehead atoms. The van der Waals surface area contributed by atoms with Gasteiger partial charge < -0.3 is 10.6 Å². The van der Waals surface area contributed by atoms with Crippen LogP contribution in [0.5, 0.6) is 0 Å². The lowest BCUT2D eigenvalue weighted by molar-refractivity contribution is 0.312. The molecule has 0 aromatic carbocycles. The summed E-state index contributed by atoms with van der Waals surface area (Å²) < 4.78 is 0. The maximum absolute atomic E-state index is 5.85. The summed E-state index contributed by atoms with van der Waals surface area (Å²) in [4.78, 5) is 6.73. The van der Waals surface area contributed by atoms with E-state index in [1.165, 1.54) is 0 Å². The first-order chi connectivity index (χ1) is 6.41. The highest BCUT2D eigenvalue weighted by atomic mass is 15.1. The van der Waals surface area contributed by atoms with Crippen LogP contribution in [0.15, 0.2) is 4.99 Å². The van der Waals surface area contributed by atoms with Crippen molar-refractivity contribution in [2.75, 3.05) is 26.2 Å². The van der Waals surface area contributed by atoms with Crippen LogP contribution < -0.4 is 5.73 Å². The van der Waals surface area contributed by atoms with E-state index in [0.717, 1.165) is 32.0 Å². The molecular formula is C11H25N3. The predicted molar refractivity (Wildman–Crippen MR) is 63.7 cm³/mol. The Morgan fingerprint density at radius 3 is 2.07 bits per heavy atom. The number of rotatable bonds is 5. The fourth-order valence-corrected chi connectivity index (χ4v) is 1.09. The van der Waals surface area contributed by atoms with E-state index in [1.807, 2.05) is 0 Å². The Bertz CT molecular complexity index is 175. The molecule has 0 spiro atoms. The van der Waals surface area contributed by atoms with Crippen molar-refractivity contribution < 1.29 is 0 Å². The third-order valence-electron chi connectivity index (χ3n) is 2.36. The van der Waals surface area contributed by atoms with Gasteiger partial charge in [-0.05, 0) is 13.1 Å². The van der Waals surface area contributed by atoms with Crippen LogP contribution in [-0.2, 0) is 0 Å². The number of amidine groups is 1. The van der Waals surface area contributed by atoms with Crippen molar-refractivity contribution in [3.8, 4) is 0 Å². The largest absolute Gasteiger partial charge is 0.387 e. The predicted octanol–water partition coefficient (Wildman–Crippen LogP) is 1.73. The minimum atomic E-state index is 0.00323. The average molecular weight is 199 g/mol. The van der Waals surface area contributed by atoms with E-state index in [9.17, 15) is 0 Å². The standard InChI is InChI=1S/C11H25N3/c1-6-14(7-2)9-8-13-10(12)11(3,4)5/h6-9H2,1-5H3,(H2,12,13). The zero-order chi connectivity index (χ0) is 11.2. The van der Waals surface area contributed by atoms with Gasteiger partial charge in [-0.25, -0.2) is 0 Å². The van der Waals surface area contributed by atoms with Crippen molar-refractivity contribution >= 4 is 5.84 Å². The average Bonchev–Trinajstić information content (AvgIpc) is 2.10. The van der Waals surface area contributed by atoms with E-state index < -0.39 is 0 Å². The Balaban J connectivity index is 3.93. The summed E-state index contributed by atoms with van der Waals surface area (Å²) in [5.41, 5.74) is 5.85. The van der Waals surface area contributed by atoms with Crippen LogP contribution in [0.25, 0.3) is 0 Å². The van der Waals surface area contributed by atoms with Gasteiger partial charge in [0.15, 0.2) is 0 Å². The first-order valence-corrected chi connectivity index (χ1v) is 5.44. The molecule has 0 aliphatic heterocycles. The molecule has 0 amide bonds. The number of nitrogens with zero attached hydrogens (tertiary/aromatic N) is 2. The zero-order valence-electron chi connectivity index (χ0n) is 10.3. The number of nitrogens with two attached hydrogens (primary N) is 1. The first-order valence-electron chi connectivity index (χ1n) is 5.44. The summed E-state index contributed by atoms with van der Waals surface area (Å²) in [5.74, 6) is 0.754. The van der Waals surface area contributed by atoms with E-state index >= 15 is 0 Å². The third kappa shape index (κ3) is 5.22. The minimum Gasteiger partial charge on any atom is -0.387 e. The second kappa shape index (κ2) is 6.02. The van der Waals surface area contributed by atoms with Gasteiger partial charge in [-0.3, -0.25) is 4.99 Å². The maximum atomic E-state index is 5.85. The van der Waals surface area contributed by atoms with Crippen molar-refractivity contribution in [3.63, 3.8) is 0 Å². The molecule has 0 heterocycles. The normalized spacial score (nSPS) is 13.7. The summed E-state index contributed by atoms with van der Waals surface area (Å²) in [6, 6.07) is 0. The van der Waals surface area contributed by atoms with Crippen molar-refractivity contribution in [1.82, 2.24) is 4.90 Å². The van der Waals surface area contributed by atoms with Crippen molar-refractivity contribution in [2.45, 2.75) is 34.6 Å². The Labute approximate surface area is 88.4 Å². The highest BCUT2D eigenvalue weighted by Gasteiger charge is 2.14. The molecule has 0 aromatic rings. The SMILES string of the molecule is CCN(CC)CCN=C(N)C(C)(C)C. The Hall–Kier alpha value is -0.570. The summed E-state index contributed by atoms with van der Waals surface area (Å²) in [5, 5.41) is 0. The molecule has 0 saturated heterocycles. The van der Waals surface area contributed by atoms with Gasteiger partial charge in [-0.2, -0.15) is 0 Å². The number of aliphatic imine (C=N–C) groups is 1. The topological polar surface area (TPSA) is 41.6 Å². The first kappa shape index (κ1) is 13.4. The number of hydrogen-bond acceptors (Lipinski definition) is 2. The fraction of sp³-hybridized carbons (Fsp3) is 0.909. The minimum absolute atomic E-state index is 0.00323. The van der Waals surface area contributed by atoms with E-state index in [0.29, 0.717) is 0 Å². The molecule has 0 unspecified atom stereocenters. The van der Waals surface area contributed by atoms with Gasteiger partial charge in [0, 0.05) is 12.0 Å².